The van der Waals surface area contributed by atoms with Crippen molar-refractivity contribution in [1.82, 2.24) is 9.80 Å². The minimum Gasteiger partial charge on any atom is -0.395 e. The van der Waals surface area contributed by atoms with Crippen LogP contribution in [0, 0.1) is 0 Å². The van der Waals surface area contributed by atoms with Gasteiger partial charge in [0.1, 0.15) is 0 Å². The Hall–Kier alpha value is -1.43. The summed E-state index contributed by atoms with van der Waals surface area (Å²) in [4.78, 5) is 18.6. The third kappa shape index (κ3) is 4.29. The second kappa shape index (κ2) is 8.27. The van der Waals surface area contributed by atoms with E-state index in [1.54, 1.807) is 4.90 Å². The number of carbonyl (C=O) groups excluding carboxylic acids is 1. The van der Waals surface area contributed by atoms with Crippen LogP contribution in [0.1, 0.15) is 13.3 Å². The summed E-state index contributed by atoms with van der Waals surface area (Å²) in [6.07, 6.45) is 0.964. The lowest BCUT2D eigenvalue weighted by molar-refractivity contribution is -0.120. The lowest BCUT2D eigenvalue weighted by Crippen LogP contribution is -2.53. The Bertz CT molecular complexity index is 454. The zero-order valence-electron chi connectivity index (χ0n) is 13.6. The molecule has 0 saturated carbocycles. The van der Waals surface area contributed by atoms with E-state index < -0.39 is 0 Å². The second-order valence-electron chi connectivity index (χ2n) is 5.85. The summed E-state index contributed by atoms with van der Waals surface area (Å²) in [5.74, 6) is 0.119. The van der Waals surface area contributed by atoms with Gasteiger partial charge in [-0.25, -0.2) is 0 Å². The monoisotopic (exact) mass is 305 g/mol. The number of aliphatic hydroxyl groups excluding tert-OH is 1. The first-order chi connectivity index (χ1) is 10.7. The normalized spacial score (nSPS) is 18.1. The average molecular weight is 305 g/mol. The van der Waals surface area contributed by atoms with Crippen LogP contribution in [0.5, 0.6) is 0 Å². The fraction of sp³-hybridized carbons (Fsp3) is 0.588. The van der Waals surface area contributed by atoms with E-state index in [4.69, 9.17) is 0 Å². The predicted molar refractivity (Wildman–Crippen MR) is 89.0 cm³/mol. The molecular weight excluding hydrogens is 278 g/mol. The van der Waals surface area contributed by atoms with Gasteiger partial charge in [-0.2, -0.15) is 0 Å². The summed E-state index contributed by atoms with van der Waals surface area (Å²) >= 11 is 0. The largest absolute Gasteiger partial charge is 0.395 e. The molecule has 1 aromatic carbocycles. The first-order valence-electron chi connectivity index (χ1n) is 8.04. The second-order valence-corrected chi connectivity index (χ2v) is 5.85. The number of rotatable bonds is 6. The van der Waals surface area contributed by atoms with Crippen molar-refractivity contribution < 1.29 is 9.90 Å². The van der Waals surface area contributed by atoms with E-state index in [2.05, 4.69) is 16.7 Å². The molecular formula is C17H27N3O2. The SMILES string of the molecule is CCC(CO)N1CCN(CC(=O)N(C)c2ccccc2)CC1. The summed E-state index contributed by atoms with van der Waals surface area (Å²) < 4.78 is 0. The first-order valence-corrected chi connectivity index (χ1v) is 8.04. The van der Waals surface area contributed by atoms with Gasteiger partial charge in [-0.1, -0.05) is 25.1 Å². The van der Waals surface area contributed by atoms with Crippen LogP contribution in [0.3, 0.4) is 0 Å². The first kappa shape index (κ1) is 16.9. The van der Waals surface area contributed by atoms with Gasteiger partial charge in [-0.3, -0.25) is 14.6 Å². The highest BCUT2D eigenvalue weighted by atomic mass is 16.3. The van der Waals surface area contributed by atoms with Crippen LogP contribution in [0.25, 0.3) is 0 Å². The third-order valence-corrected chi connectivity index (χ3v) is 4.48. The Balaban J connectivity index is 1.82. The van der Waals surface area contributed by atoms with Crippen LogP contribution in [-0.2, 0) is 4.79 Å². The molecule has 22 heavy (non-hydrogen) atoms. The Morgan fingerprint density at radius 1 is 1.23 bits per heavy atom. The van der Waals surface area contributed by atoms with Crippen molar-refractivity contribution in [2.45, 2.75) is 19.4 Å². The maximum absolute atomic E-state index is 12.4. The average Bonchev–Trinajstić information content (AvgIpc) is 2.57. The number of hydrogen-bond donors (Lipinski definition) is 1. The molecule has 1 aliphatic rings. The van der Waals surface area contributed by atoms with Crippen molar-refractivity contribution in [2.75, 3.05) is 51.3 Å². The maximum atomic E-state index is 12.4. The highest BCUT2D eigenvalue weighted by Gasteiger charge is 2.24. The third-order valence-electron chi connectivity index (χ3n) is 4.48. The van der Waals surface area contributed by atoms with Crippen LogP contribution in [0.2, 0.25) is 0 Å². The molecule has 122 valence electrons. The van der Waals surface area contributed by atoms with Crippen LogP contribution < -0.4 is 4.90 Å². The fourth-order valence-electron chi connectivity index (χ4n) is 2.88. The van der Waals surface area contributed by atoms with Gasteiger partial charge in [-0.05, 0) is 18.6 Å². The van der Waals surface area contributed by atoms with Gasteiger partial charge in [0.25, 0.3) is 0 Å². The number of nitrogens with zero attached hydrogens (tertiary/aromatic N) is 3. The molecule has 1 aromatic rings. The highest BCUT2D eigenvalue weighted by Crippen LogP contribution is 2.13. The van der Waals surface area contributed by atoms with E-state index in [1.807, 2.05) is 37.4 Å². The molecule has 1 fully saturated rings. The molecule has 2 rings (SSSR count). The van der Waals surface area contributed by atoms with Crippen molar-refractivity contribution >= 4 is 11.6 Å². The van der Waals surface area contributed by atoms with Gasteiger partial charge < -0.3 is 10.0 Å². The topological polar surface area (TPSA) is 47.0 Å². The van der Waals surface area contributed by atoms with Crippen LogP contribution >= 0.6 is 0 Å². The Morgan fingerprint density at radius 3 is 2.41 bits per heavy atom. The standard InChI is InChI=1S/C17H27N3O2/c1-3-15(14-21)20-11-9-19(10-12-20)13-17(22)18(2)16-7-5-4-6-8-16/h4-8,15,21H,3,9-14H2,1-2H3. The number of amides is 1. The lowest BCUT2D eigenvalue weighted by atomic mass is 10.1. The molecule has 1 atom stereocenters. The molecule has 1 heterocycles. The minimum absolute atomic E-state index is 0.119. The zero-order chi connectivity index (χ0) is 15.9. The molecule has 0 aliphatic carbocycles. The maximum Gasteiger partial charge on any atom is 0.240 e. The van der Waals surface area contributed by atoms with Gasteiger partial charge in [0.05, 0.1) is 13.2 Å². The van der Waals surface area contributed by atoms with Crippen LogP contribution in [0.15, 0.2) is 30.3 Å². The summed E-state index contributed by atoms with van der Waals surface area (Å²) in [5.41, 5.74) is 0.928. The van der Waals surface area contributed by atoms with Gasteiger partial charge in [-0.15, -0.1) is 0 Å². The molecule has 1 N–H and O–H groups in total. The molecule has 0 radical (unpaired) electrons. The minimum atomic E-state index is 0.119. The Kier molecular flexibility index (Phi) is 6.36. The number of anilines is 1. The van der Waals surface area contributed by atoms with Crippen molar-refractivity contribution in [1.29, 1.82) is 0 Å². The predicted octanol–water partition coefficient (Wildman–Crippen LogP) is 1.04. The van der Waals surface area contributed by atoms with Gasteiger partial charge >= 0.3 is 0 Å². The number of hydrogen-bond acceptors (Lipinski definition) is 4. The summed E-state index contributed by atoms with van der Waals surface area (Å²) in [5, 5.41) is 9.37. The van der Waals surface area contributed by atoms with Crippen LogP contribution in [0.4, 0.5) is 5.69 Å². The van der Waals surface area contributed by atoms with E-state index in [-0.39, 0.29) is 18.6 Å². The zero-order valence-corrected chi connectivity index (χ0v) is 13.6. The Labute approximate surface area is 133 Å². The van der Waals surface area contributed by atoms with E-state index >= 15 is 0 Å². The van der Waals surface area contributed by atoms with E-state index in [0.29, 0.717) is 6.54 Å². The molecule has 0 aromatic heterocycles. The molecule has 5 heteroatoms. The Morgan fingerprint density at radius 2 is 1.86 bits per heavy atom. The summed E-state index contributed by atoms with van der Waals surface area (Å²) in [6.45, 7) is 6.37. The van der Waals surface area contributed by atoms with Gasteiger partial charge in [0.15, 0.2) is 0 Å². The number of aliphatic hydroxyl groups is 1. The van der Waals surface area contributed by atoms with Crippen molar-refractivity contribution in [3.05, 3.63) is 30.3 Å². The molecule has 1 unspecified atom stereocenters. The lowest BCUT2D eigenvalue weighted by Gasteiger charge is -2.38. The molecule has 1 aliphatic heterocycles. The molecule has 0 spiro atoms. The molecule has 1 amide bonds. The molecule has 0 bridgehead atoms. The number of piperazine rings is 1. The molecule has 5 nitrogen and oxygen atoms in total. The summed E-state index contributed by atoms with van der Waals surface area (Å²) in [7, 11) is 1.83. The van der Waals surface area contributed by atoms with Crippen LogP contribution in [-0.4, -0.2) is 73.2 Å². The van der Waals surface area contributed by atoms with E-state index in [0.717, 1.165) is 38.3 Å². The number of likely N-dealkylation sites (N-methyl/N-ethyl adjacent to an activating group) is 1. The smallest absolute Gasteiger partial charge is 0.240 e. The highest BCUT2D eigenvalue weighted by molar-refractivity contribution is 5.94. The number of benzene rings is 1. The van der Waals surface area contributed by atoms with Crippen molar-refractivity contribution in [2.24, 2.45) is 0 Å². The summed E-state index contributed by atoms with van der Waals surface area (Å²) in [6, 6.07) is 9.98. The van der Waals surface area contributed by atoms with E-state index in [1.165, 1.54) is 0 Å². The van der Waals surface area contributed by atoms with E-state index in [9.17, 15) is 9.90 Å². The van der Waals surface area contributed by atoms with Crippen molar-refractivity contribution in [3.8, 4) is 0 Å². The van der Waals surface area contributed by atoms with Gasteiger partial charge in [0.2, 0.25) is 5.91 Å². The molecule has 1 saturated heterocycles. The van der Waals surface area contributed by atoms with Crippen molar-refractivity contribution in [3.63, 3.8) is 0 Å². The quantitative estimate of drug-likeness (QED) is 0.853. The van der Waals surface area contributed by atoms with Gasteiger partial charge in [0, 0.05) is 45.0 Å². The fourth-order valence-corrected chi connectivity index (χ4v) is 2.88. The number of carbonyl (C=O) groups is 1. The number of para-hydroxylation sites is 1.